The van der Waals surface area contributed by atoms with Gasteiger partial charge in [0, 0.05) is 17.8 Å². The van der Waals surface area contributed by atoms with Gasteiger partial charge < -0.3 is 15.4 Å². The van der Waals surface area contributed by atoms with Crippen molar-refractivity contribution in [2.24, 2.45) is 0 Å². The zero-order valence-electron chi connectivity index (χ0n) is 14.9. The van der Waals surface area contributed by atoms with Crippen molar-refractivity contribution >= 4 is 39.6 Å². The first-order valence-corrected chi connectivity index (χ1v) is 9.72. The van der Waals surface area contributed by atoms with E-state index in [1.807, 2.05) is 54.6 Å². The van der Waals surface area contributed by atoms with Gasteiger partial charge in [0.2, 0.25) is 0 Å². The highest BCUT2D eigenvalue weighted by Crippen LogP contribution is 2.30. The molecule has 0 aliphatic heterocycles. The van der Waals surface area contributed by atoms with E-state index in [9.17, 15) is 4.79 Å². The number of anilines is 1. The molecule has 0 aliphatic rings. The van der Waals surface area contributed by atoms with Gasteiger partial charge in [-0.2, -0.15) is 0 Å². The SMILES string of the molecule is COC(=O)c1cc(Cc2ccccc2)sc1NC(=S)NCc1ccccc1. The largest absolute Gasteiger partial charge is 0.465 e. The Hall–Kier alpha value is -2.70. The number of carbonyl (C=O) groups excluding carboxylic acids is 1. The number of rotatable bonds is 6. The number of carbonyl (C=O) groups is 1. The number of esters is 1. The van der Waals surface area contributed by atoms with Crippen LogP contribution < -0.4 is 10.6 Å². The molecule has 1 heterocycles. The second kappa shape index (κ2) is 9.30. The highest BCUT2D eigenvalue weighted by molar-refractivity contribution is 7.80. The van der Waals surface area contributed by atoms with E-state index in [1.165, 1.54) is 24.0 Å². The Morgan fingerprint density at radius 2 is 1.67 bits per heavy atom. The van der Waals surface area contributed by atoms with Gasteiger partial charge in [0.1, 0.15) is 5.00 Å². The molecule has 0 radical (unpaired) electrons. The van der Waals surface area contributed by atoms with Gasteiger partial charge in [-0.1, -0.05) is 60.7 Å². The molecular formula is C21H20N2O2S2. The maximum Gasteiger partial charge on any atom is 0.340 e. The maximum atomic E-state index is 12.1. The summed E-state index contributed by atoms with van der Waals surface area (Å²) >= 11 is 6.90. The molecule has 0 saturated heterocycles. The number of methoxy groups -OCH3 is 1. The predicted octanol–water partition coefficient (Wildman–Crippen LogP) is 4.61. The number of nitrogens with one attached hydrogen (secondary N) is 2. The molecule has 3 rings (SSSR count). The summed E-state index contributed by atoms with van der Waals surface area (Å²) < 4.78 is 4.92. The zero-order valence-corrected chi connectivity index (χ0v) is 16.5. The van der Waals surface area contributed by atoms with Crippen molar-refractivity contribution in [3.05, 3.63) is 88.3 Å². The Balaban J connectivity index is 1.70. The standard InChI is InChI=1S/C21H20N2O2S2/c1-25-20(24)18-13-17(12-15-8-4-2-5-9-15)27-19(18)23-21(26)22-14-16-10-6-3-7-11-16/h2-11,13H,12,14H2,1H3,(H2,22,23,26). The van der Waals surface area contributed by atoms with Gasteiger partial charge in [0.15, 0.2) is 5.11 Å². The van der Waals surface area contributed by atoms with Gasteiger partial charge in [-0.25, -0.2) is 4.79 Å². The van der Waals surface area contributed by atoms with Crippen molar-refractivity contribution in [1.29, 1.82) is 0 Å². The Morgan fingerprint density at radius 1 is 1.04 bits per heavy atom. The van der Waals surface area contributed by atoms with Crippen LogP contribution in [0.25, 0.3) is 0 Å². The van der Waals surface area contributed by atoms with Crippen molar-refractivity contribution in [3.8, 4) is 0 Å². The quantitative estimate of drug-likeness (QED) is 0.471. The molecule has 0 bridgehead atoms. The van der Waals surface area contributed by atoms with Crippen LogP contribution in [0.15, 0.2) is 66.7 Å². The molecule has 27 heavy (non-hydrogen) atoms. The lowest BCUT2D eigenvalue weighted by atomic mass is 10.1. The highest BCUT2D eigenvalue weighted by Gasteiger charge is 2.17. The lowest BCUT2D eigenvalue weighted by Gasteiger charge is -2.10. The zero-order chi connectivity index (χ0) is 19.1. The van der Waals surface area contributed by atoms with Gasteiger partial charge in [-0.05, 0) is 29.4 Å². The summed E-state index contributed by atoms with van der Waals surface area (Å²) in [6.07, 6.45) is 0.751. The minimum absolute atomic E-state index is 0.376. The summed E-state index contributed by atoms with van der Waals surface area (Å²) in [4.78, 5) is 13.2. The first-order valence-electron chi connectivity index (χ1n) is 8.49. The van der Waals surface area contributed by atoms with E-state index in [0.717, 1.165) is 16.9 Å². The second-order valence-electron chi connectivity index (χ2n) is 5.90. The molecule has 0 saturated carbocycles. The third kappa shape index (κ3) is 5.39. The molecule has 3 aromatic rings. The molecule has 0 aliphatic carbocycles. The Kier molecular flexibility index (Phi) is 6.57. The monoisotopic (exact) mass is 396 g/mol. The minimum atomic E-state index is -0.376. The molecule has 0 spiro atoms. The van der Waals surface area contributed by atoms with Crippen molar-refractivity contribution in [1.82, 2.24) is 5.32 Å². The molecule has 138 valence electrons. The van der Waals surface area contributed by atoms with Crippen LogP contribution in [-0.2, 0) is 17.7 Å². The smallest absolute Gasteiger partial charge is 0.340 e. The fraction of sp³-hybridized carbons (Fsp3) is 0.143. The van der Waals surface area contributed by atoms with Gasteiger partial charge in [0.25, 0.3) is 0 Å². The van der Waals surface area contributed by atoms with E-state index in [1.54, 1.807) is 0 Å². The van der Waals surface area contributed by atoms with E-state index in [0.29, 0.717) is 22.2 Å². The molecule has 4 nitrogen and oxygen atoms in total. The van der Waals surface area contributed by atoms with Crippen LogP contribution in [0.5, 0.6) is 0 Å². The first-order chi connectivity index (χ1) is 13.2. The van der Waals surface area contributed by atoms with Gasteiger partial charge in [-0.3, -0.25) is 0 Å². The Morgan fingerprint density at radius 3 is 2.30 bits per heavy atom. The molecule has 1 aromatic heterocycles. The lowest BCUT2D eigenvalue weighted by Crippen LogP contribution is -2.28. The van der Waals surface area contributed by atoms with E-state index in [-0.39, 0.29) is 5.97 Å². The molecule has 0 atom stereocenters. The van der Waals surface area contributed by atoms with Gasteiger partial charge in [-0.15, -0.1) is 11.3 Å². The molecule has 0 fully saturated rings. The third-order valence-corrected chi connectivity index (χ3v) is 5.23. The number of thiophene rings is 1. The number of benzene rings is 2. The molecule has 0 unspecified atom stereocenters. The number of thiocarbonyl (C=S) groups is 1. The average molecular weight is 397 g/mol. The van der Waals surface area contributed by atoms with Crippen LogP contribution in [0.1, 0.15) is 26.4 Å². The Labute approximate surface area is 168 Å². The number of ether oxygens (including phenoxy) is 1. The summed E-state index contributed by atoms with van der Waals surface area (Å²) in [5.41, 5.74) is 2.81. The van der Waals surface area contributed by atoms with Gasteiger partial charge >= 0.3 is 5.97 Å². The van der Waals surface area contributed by atoms with Crippen LogP contribution in [0.4, 0.5) is 5.00 Å². The van der Waals surface area contributed by atoms with Crippen molar-refractivity contribution in [2.75, 3.05) is 12.4 Å². The molecule has 0 amide bonds. The van der Waals surface area contributed by atoms with Crippen molar-refractivity contribution < 1.29 is 9.53 Å². The third-order valence-electron chi connectivity index (χ3n) is 3.93. The van der Waals surface area contributed by atoms with Crippen molar-refractivity contribution in [2.45, 2.75) is 13.0 Å². The van der Waals surface area contributed by atoms with Crippen LogP contribution in [-0.4, -0.2) is 18.2 Å². The summed E-state index contributed by atoms with van der Waals surface area (Å²) in [7, 11) is 1.38. The fourth-order valence-electron chi connectivity index (χ4n) is 2.61. The molecule has 6 heteroatoms. The van der Waals surface area contributed by atoms with Crippen LogP contribution in [0.3, 0.4) is 0 Å². The molecular weight excluding hydrogens is 376 g/mol. The second-order valence-corrected chi connectivity index (χ2v) is 7.45. The topological polar surface area (TPSA) is 50.4 Å². The van der Waals surface area contributed by atoms with E-state index < -0.39 is 0 Å². The van der Waals surface area contributed by atoms with Crippen LogP contribution in [0.2, 0.25) is 0 Å². The summed E-state index contributed by atoms with van der Waals surface area (Å²) in [5, 5.41) is 7.47. The van der Waals surface area contributed by atoms with Crippen LogP contribution >= 0.6 is 23.6 Å². The molecule has 2 N–H and O–H groups in total. The van der Waals surface area contributed by atoms with Gasteiger partial charge in [0.05, 0.1) is 12.7 Å². The molecule has 2 aromatic carbocycles. The van der Waals surface area contributed by atoms with E-state index in [4.69, 9.17) is 17.0 Å². The van der Waals surface area contributed by atoms with Crippen LogP contribution in [0, 0.1) is 0 Å². The first kappa shape index (κ1) is 19.1. The summed E-state index contributed by atoms with van der Waals surface area (Å²) in [6.45, 7) is 0.614. The number of hydrogen-bond donors (Lipinski definition) is 2. The van der Waals surface area contributed by atoms with E-state index >= 15 is 0 Å². The summed E-state index contributed by atoms with van der Waals surface area (Å²) in [6, 6.07) is 22.0. The lowest BCUT2D eigenvalue weighted by molar-refractivity contribution is 0.0602. The predicted molar refractivity (Wildman–Crippen MR) is 114 cm³/mol. The maximum absolute atomic E-state index is 12.1. The van der Waals surface area contributed by atoms with Crippen molar-refractivity contribution in [3.63, 3.8) is 0 Å². The number of hydrogen-bond acceptors (Lipinski definition) is 4. The fourth-order valence-corrected chi connectivity index (χ4v) is 3.93. The summed E-state index contributed by atoms with van der Waals surface area (Å²) in [5.74, 6) is -0.376. The normalized spacial score (nSPS) is 10.3. The Bertz CT molecular complexity index is 908. The minimum Gasteiger partial charge on any atom is -0.465 e. The highest BCUT2D eigenvalue weighted by atomic mass is 32.1. The average Bonchev–Trinajstić information content (AvgIpc) is 3.09. The van der Waals surface area contributed by atoms with E-state index in [2.05, 4.69) is 22.8 Å².